The number of nitrogens with one attached hydrogen (secondary N) is 2. The quantitative estimate of drug-likeness (QED) is 0.862. The van der Waals surface area contributed by atoms with Gasteiger partial charge < -0.3 is 10.6 Å². The van der Waals surface area contributed by atoms with Crippen molar-refractivity contribution in [3.05, 3.63) is 33.8 Å². The van der Waals surface area contributed by atoms with Crippen molar-refractivity contribution in [2.45, 2.75) is 38.8 Å². The van der Waals surface area contributed by atoms with E-state index in [1.54, 1.807) is 17.5 Å². The van der Waals surface area contributed by atoms with Crippen LogP contribution in [0.15, 0.2) is 18.3 Å². The van der Waals surface area contributed by atoms with Crippen LogP contribution in [0, 0.1) is 0 Å². The fourth-order valence-electron chi connectivity index (χ4n) is 2.60. The molecule has 1 aliphatic heterocycles. The van der Waals surface area contributed by atoms with Gasteiger partial charge in [0.25, 0.3) is 5.91 Å². The Bertz CT molecular complexity index is 635. The lowest BCUT2D eigenvalue weighted by Gasteiger charge is -2.22. The zero-order valence-corrected chi connectivity index (χ0v) is 14.8. The van der Waals surface area contributed by atoms with Crippen LogP contribution in [0.5, 0.6) is 0 Å². The third kappa shape index (κ3) is 4.53. The van der Waals surface area contributed by atoms with Crippen LogP contribution in [-0.2, 0) is 13.0 Å². The van der Waals surface area contributed by atoms with Crippen molar-refractivity contribution in [2.24, 2.45) is 0 Å². The number of aryl methyl sites for hydroxylation is 1. The third-order valence-corrected chi connectivity index (χ3v) is 5.14. The topological polar surface area (TPSA) is 71.8 Å². The summed E-state index contributed by atoms with van der Waals surface area (Å²) in [5.74, 6) is -0.161. The van der Waals surface area contributed by atoms with Crippen molar-refractivity contribution >= 4 is 29.7 Å². The van der Waals surface area contributed by atoms with Crippen LogP contribution >= 0.6 is 23.7 Å². The minimum absolute atomic E-state index is 0. The van der Waals surface area contributed by atoms with Gasteiger partial charge in [-0.15, -0.1) is 28.8 Å². The molecule has 3 rings (SSSR count). The summed E-state index contributed by atoms with van der Waals surface area (Å²) in [6.07, 6.45) is 4.85. The molecule has 0 bridgehead atoms. The molecule has 0 aromatic carbocycles. The Kier molecular flexibility index (Phi) is 6.56. The van der Waals surface area contributed by atoms with Crippen molar-refractivity contribution in [1.29, 1.82) is 0 Å². The first-order chi connectivity index (χ1) is 10.8. The number of amides is 1. The number of thiophene rings is 1. The molecule has 6 nitrogen and oxygen atoms in total. The van der Waals surface area contributed by atoms with E-state index in [9.17, 15) is 4.79 Å². The molecule has 0 saturated carbocycles. The van der Waals surface area contributed by atoms with Crippen molar-refractivity contribution in [2.75, 3.05) is 13.1 Å². The highest BCUT2D eigenvalue weighted by Crippen LogP contribution is 2.18. The molecule has 8 heteroatoms. The lowest BCUT2D eigenvalue weighted by Crippen LogP contribution is -2.29. The molecular weight excluding hydrogens is 334 g/mol. The molecule has 126 valence electrons. The van der Waals surface area contributed by atoms with E-state index in [4.69, 9.17) is 0 Å². The molecule has 1 amide bonds. The Balaban J connectivity index is 0.00000192. The molecular formula is C15H22ClN5OS. The van der Waals surface area contributed by atoms with Gasteiger partial charge in [0.05, 0.1) is 18.8 Å². The first-order valence-corrected chi connectivity index (χ1v) is 8.56. The summed E-state index contributed by atoms with van der Waals surface area (Å²) in [5.41, 5.74) is 0.394. The minimum atomic E-state index is -0.161. The van der Waals surface area contributed by atoms with Crippen LogP contribution in [0.3, 0.4) is 0 Å². The highest BCUT2D eigenvalue weighted by Gasteiger charge is 2.18. The number of carbonyl (C=O) groups is 1. The lowest BCUT2D eigenvalue weighted by atomic mass is 10.1. The smallest absolute Gasteiger partial charge is 0.273 e. The van der Waals surface area contributed by atoms with E-state index < -0.39 is 0 Å². The number of carbonyl (C=O) groups excluding carboxylic acids is 1. The summed E-state index contributed by atoms with van der Waals surface area (Å²) in [7, 11) is 0. The molecule has 0 spiro atoms. The van der Waals surface area contributed by atoms with Crippen LogP contribution in [0.25, 0.3) is 0 Å². The highest BCUT2D eigenvalue weighted by molar-refractivity contribution is 7.11. The largest absolute Gasteiger partial charge is 0.346 e. The number of hydrogen-bond acceptors (Lipinski definition) is 5. The number of nitrogens with zero attached hydrogens (tertiary/aromatic N) is 3. The van der Waals surface area contributed by atoms with Crippen molar-refractivity contribution in [1.82, 2.24) is 25.6 Å². The summed E-state index contributed by atoms with van der Waals surface area (Å²) in [4.78, 5) is 14.7. The molecule has 0 unspecified atom stereocenters. The van der Waals surface area contributed by atoms with Crippen molar-refractivity contribution in [3.8, 4) is 0 Å². The van der Waals surface area contributed by atoms with Gasteiger partial charge in [-0.05, 0) is 44.5 Å². The molecule has 1 fully saturated rings. The normalized spacial score (nSPS) is 15.2. The Hall–Kier alpha value is -1.44. The maximum absolute atomic E-state index is 12.2. The first kappa shape index (κ1) is 17.9. The van der Waals surface area contributed by atoms with Gasteiger partial charge in [0, 0.05) is 9.75 Å². The number of aromatic nitrogens is 3. The Labute approximate surface area is 146 Å². The number of rotatable bonds is 5. The zero-order valence-electron chi connectivity index (χ0n) is 13.1. The van der Waals surface area contributed by atoms with E-state index in [1.807, 2.05) is 4.68 Å². The highest BCUT2D eigenvalue weighted by atomic mass is 35.5. The summed E-state index contributed by atoms with van der Waals surface area (Å²) in [5, 5.41) is 14.4. The van der Waals surface area contributed by atoms with Crippen LogP contribution < -0.4 is 10.6 Å². The predicted molar refractivity (Wildman–Crippen MR) is 93.3 cm³/mol. The van der Waals surface area contributed by atoms with E-state index in [0.717, 1.165) is 37.2 Å². The molecule has 1 aliphatic rings. The average molecular weight is 356 g/mol. The number of hydrogen-bond donors (Lipinski definition) is 2. The van der Waals surface area contributed by atoms with Crippen LogP contribution in [0.4, 0.5) is 0 Å². The van der Waals surface area contributed by atoms with E-state index in [1.165, 1.54) is 4.88 Å². The SMILES string of the molecule is CCc1ccc(CNC(=O)c2cn(C3CCNCC3)nn2)s1.Cl. The maximum atomic E-state index is 12.2. The fourth-order valence-corrected chi connectivity index (χ4v) is 3.49. The molecule has 23 heavy (non-hydrogen) atoms. The summed E-state index contributed by atoms with van der Waals surface area (Å²) in [6.45, 7) is 4.66. The van der Waals surface area contributed by atoms with Gasteiger partial charge in [-0.3, -0.25) is 4.79 Å². The fraction of sp³-hybridized carbons (Fsp3) is 0.533. The summed E-state index contributed by atoms with van der Waals surface area (Å²) >= 11 is 1.74. The zero-order chi connectivity index (χ0) is 15.4. The third-order valence-electron chi connectivity index (χ3n) is 3.91. The van der Waals surface area contributed by atoms with Gasteiger partial charge in [-0.25, -0.2) is 4.68 Å². The van der Waals surface area contributed by atoms with Gasteiger partial charge in [0.1, 0.15) is 0 Å². The molecule has 0 aliphatic carbocycles. The Morgan fingerprint density at radius 1 is 1.39 bits per heavy atom. The maximum Gasteiger partial charge on any atom is 0.273 e. The van der Waals surface area contributed by atoms with Crippen molar-refractivity contribution < 1.29 is 4.79 Å². The monoisotopic (exact) mass is 355 g/mol. The van der Waals surface area contributed by atoms with Crippen LogP contribution in [0.1, 0.15) is 46.0 Å². The molecule has 1 saturated heterocycles. The first-order valence-electron chi connectivity index (χ1n) is 7.74. The Morgan fingerprint density at radius 2 is 2.13 bits per heavy atom. The van der Waals surface area contributed by atoms with Gasteiger partial charge in [-0.1, -0.05) is 12.1 Å². The second-order valence-electron chi connectivity index (χ2n) is 5.47. The van der Waals surface area contributed by atoms with Crippen molar-refractivity contribution in [3.63, 3.8) is 0 Å². The molecule has 0 atom stereocenters. The summed E-state index contributed by atoms with van der Waals surface area (Å²) < 4.78 is 1.83. The minimum Gasteiger partial charge on any atom is -0.346 e. The van der Waals surface area contributed by atoms with Gasteiger partial charge in [0.15, 0.2) is 5.69 Å². The van der Waals surface area contributed by atoms with Crippen LogP contribution in [0.2, 0.25) is 0 Å². The second kappa shape index (κ2) is 8.42. The average Bonchev–Trinajstić information content (AvgIpc) is 3.22. The number of piperidine rings is 1. The molecule has 2 aromatic rings. The van der Waals surface area contributed by atoms with Gasteiger partial charge >= 0.3 is 0 Å². The second-order valence-corrected chi connectivity index (χ2v) is 6.72. The van der Waals surface area contributed by atoms with E-state index in [-0.39, 0.29) is 18.3 Å². The Morgan fingerprint density at radius 3 is 2.83 bits per heavy atom. The van der Waals surface area contributed by atoms with Crippen LogP contribution in [-0.4, -0.2) is 34.0 Å². The molecule has 2 N–H and O–H groups in total. The summed E-state index contributed by atoms with van der Waals surface area (Å²) in [6, 6.07) is 4.52. The predicted octanol–water partition coefficient (Wildman–Crippen LogP) is 2.18. The number of halogens is 1. The van der Waals surface area contributed by atoms with Gasteiger partial charge in [0.2, 0.25) is 0 Å². The van der Waals surface area contributed by atoms with E-state index in [2.05, 4.69) is 40.0 Å². The standard InChI is InChI=1S/C15H21N5OS.ClH/c1-2-12-3-4-13(22-12)9-17-15(21)14-10-20(19-18-14)11-5-7-16-8-6-11;/h3-4,10-11,16H,2,5-9H2,1H3,(H,17,21);1H. The molecule has 3 heterocycles. The molecule has 0 radical (unpaired) electrons. The lowest BCUT2D eigenvalue weighted by molar-refractivity contribution is 0.0946. The molecule has 2 aromatic heterocycles. The van der Waals surface area contributed by atoms with E-state index in [0.29, 0.717) is 18.3 Å². The van der Waals surface area contributed by atoms with Gasteiger partial charge in [-0.2, -0.15) is 0 Å². The van der Waals surface area contributed by atoms with E-state index >= 15 is 0 Å².